The lowest BCUT2D eigenvalue weighted by Crippen LogP contribution is -2.15. The zero-order chi connectivity index (χ0) is 16.3. The number of para-hydroxylation sites is 1. The largest absolute Gasteiger partial charge is 0.494 e. The van der Waals surface area contributed by atoms with Crippen molar-refractivity contribution in [1.29, 1.82) is 0 Å². The molecule has 0 aliphatic rings. The summed E-state index contributed by atoms with van der Waals surface area (Å²) < 4.78 is 33.2. The van der Waals surface area contributed by atoms with Crippen molar-refractivity contribution in [2.75, 3.05) is 11.3 Å². The number of nitrogens with one attached hydrogen (secondary N) is 1. The lowest BCUT2D eigenvalue weighted by Gasteiger charge is -2.14. The van der Waals surface area contributed by atoms with Gasteiger partial charge in [0, 0.05) is 6.07 Å². The normalized spacial score (nSPS) is 11.3. The van der Waals surface area contributed by atoms with E-state index >= 15 is 0 Å². The van der Waals surface area contributed by atoms with E-state index in [2.05, 4.69) is 4.72 Å². The van der Waals surface area contributed by atoms with E-state index in [1.807, 2.05) is 13.8 Å². The molecule has 0 atom stereocenters. The number of anilines is 1. The molecule has 0 radical (unpaired) electrons. The highest BCUT2D eigenvalue weighted by molar-refractivity contribution is 7.92. The van der Waals surface area contributed by atoms with Crippen molar-refractivity contribution >= 4 is 27.3 Å². The van der Waals surface area contributed by atoms with Gasteiger partial charge < -0.3 is 4.74 Å². The average molecular weight is 340 g/mol. The minimum Gasteiger partial charge on any atom is -0.494 e. The molecule has 0 saturated heterocycles. The zero-order valence-electron chi connectivity index (χ0n) is 12.7. The van der Waals surface area contributed by atoms with Gasteiger partial charge in [0.05, 0.1) is 22.2 Å². The molecule has 0 aliphatic carbocycles. The maximum absolute atomic E-state index is 12.6. The molecule has 0 saturated carbocycles. The predicted molar refractivity (Wildman–Crippen MR) is 89.3 cm³/mol. The monoisotopic (exact) mass is 339 g/mol. The molecule has 0 spiro atoms. The van der Waals surface area contributed by atoms with Gasteiger partial charge >= 0.3 is 0 Å². The molecule has 4 nitrogen and oxygen atoms in total. The summed E-state index contributed by atoms with van der Waals surface area (Å²) in [6.45, 7) is 5.97. The number of halogens is 1. The van der Waals surface area contributed by atoms with Crippen molar-refractivity contribution in [3.63, 3.8) is 0 Å². The van der Waals surface area contributed by atoms with Gasteiger partial charge in [-0.25, -0.2) is 8.42 Å². The van der Waals surface area contributed by atoms with Gasteiger partial charge in [0.25, 0.3) is 10.0 Å². The van der Waals surface area contributed by atoms with E-state index in [-0.39, 0.29) is 4.90 Å². The molecule has 1 N–H and O–H groups in total. The topological polar surface area (TPSA) is 55.4 Å². The fourth-order valence-electron chi connectivity index (χ4n) is 2.16. The van der Waals surface area contributed by atoms with E-state index in [1.54, 1.807) is 43.3 Å². The second-order valence-electron chi connectivity index (χ2n) is 4.90. The Kier molecular flexibility index (Phi) is 4.98. The standard InChI is InChI=1S/C16H18ClNO3S/c1-4-21-15-10-16(12(3)9-11(15)2)22(19,20)18-14-8-6-5-7-13(14)17/h5-10,18H,4H2,1-3H3. The molecular weight excluding hydrogens is 322 g/mol. The number of hydrogen-bond donors (Lipinski definition) is 1. The minimum atomic E-state index is -3.74. The van der Waals surface area contributed by atoms with Crippen LogP contribution in [0, 0.1) is 13.8 Å². The molecule has 0 bridgehead atoms. The van der Waals surface area contributed by atoms with Gasteiger partial charge in [-0.2, -0.15) is 0 Å². The first-order chi connectivity index (χ1) is 10.3. The van der Waals surface area contributed by atoms with Crippen LogP contribution >= 0.6 is 11.6 Å². The number of rotatable bonds is 5. The summed E-state index contributed by atoms with van der Waals surface area (Å²) >= 11 is 6.01. The molecule has 6 heteroatoms. The molecule has 2 aromatic carbocycles. The van der Waals surface area contributed by atoms with Crippen molar-refractivity contribution in [3.8, 4) is 5.75 Å². The first-order valence-corrected chi connectivity index (χ1v) is 8.72. The van der Waals surface area contributed by atoms with E-state index in [9.17, 15) is 8.42 Å². The Morgan fingerprint density at radius 3 is 2.45 bits per heavy atom. The third-order valence-electron chi connectivity index (χ3n) is 3.18. The zero-order valence-corrected chi connectivity index (χ0v) is 14.3. The van der Waals surface area contributed by atoms with Gasteiger partial charge in [-0.3, -0.25) is 4.72 Å². The van der Waals surface area contributed by atoms with Crippen LogP contribution in [0.1, 0.15) is 18.1 Å². The molecule has 118 valence electrons. The van der Waals surface area contributed by atoms with Crippen LogP contribution in [0.4, 0.5) is 5.69 Å². The Hall–Kier alpha value is -1.72. The highest BCUT2D eigenvalue weighted by Gasteiger charge is 2.20. The number of benzene rings is 2. The summed E-state index contributed by atoms with van der Waals surface area (Å²) in [4.78, 5) is 0.182. The quantitative estimate of drug-likeness (QED) is 0.890. The maximum atomic E-state index is 12.6. The molecule has 0 aromatic heterocycles. The summed E-state index contributed by atoms with van der Waals surface area (Å²) in [5.74, 6) is 0.563. The van der Waals surface area contributed by atoms with Crippen molar-refractivity contribution in [1.82, 2.24) is 0 Å². The Morgan fingerprint density at radius 2 is 1.82 bits per heavy atom. The third kappa shape index (κ3) is 3.54. The Morgan fingerprint density at radius 1 is 1.14 bits per heavy atom. The van der Waals surface area contributed by atoms with E-state index in [0.717, 1.165) is 5.56 Å². The summed E-state index contributed by atoms with van der Waals surface area (Å²) in [6, 6.07) is 10.1. The van der Waals surface area contributed by atoms with Crippen LogP contribution in [0.25, 0.3) is 0 Å². The molecule has 0 aliphatic heterocycles. The molecule has 0 heterocycles. The highest BCUT2D eigenvalue weighted by atomic mass is 35.5. The molecule has 2 aromatic rings. The van der Waals surface area contributed by atoms with Crippen LogP contribution in [0.2, 0.25) is 5.02 Å². The first kappa shape index (κ1) is 16.6. The first-order valence-electron chi connectivity index (χ1n) is 6.86. The predicted octanol–water partition coefficient (Wildman–Crippen LogP) is 4.16. The van der Waals surface area contributed by atoms with Crippen molar-refractivity contribution in [2.24, 2.45) is 0 Å². The molecule has 22 heavy (non-hydrogen) atoms. The molecule has 2 rings (SSSR count). The summed E-state index contributed by atoms with van der Waals surface area (Å²) in [6.07, 6.45) is 0. The fourth-order valence-corrected chi connectivity index (χ4v) is 3.72. The van der Waals surface area contributed by atoms with Crippen LogP contribution < -0.4 is 9.46 Å². The van der Waals surface area contributed by atoms with E-state index in [0.29, 0.717) is 28.6 Å². The van der Waals surface area contributed by atoms with Crippen LogP contribution in [0.15, 0.2) is 41.3 Å². The van der Waals surface area contributed by atoms with Gasteiger partial charge in [-0.1, -0.05) is 29.8 Å². The highest BCUT2D eigenvalue weighted by Crippen LogP contribution is 2.29. The van der Waals surface area contributed by atoms with Crippen molar-refractivity contribution < 1.29 is 13.2 Å². The average Bonchev–Trinajstić information content (AvgIpc) is 2.44. The van der Waals surface area contributed by atoms with E-state index in [4.69, 9.17) is 16.3 Å². The van der Waals surface area contributed by atoms with Crippen LogP contribution in [0.5, 0.6) is 5.75 Å². The lowest BCUT2D eigenvalue weighted by molar-refractivity contribution is 0.337. The minimum absolute atomic E-state index is 0.182. The van der Waals surface area contributed by atoms with E-state index in [1.165, 1.54) is 0 Å². The Labute approximate surface area is 136 Å². The molecule has 0 unspecified atom stereocenters. The second kappa shape index (κ2) is 6.58. The number of ether oxygens (including phenoxy) is 1. The van der Waals surface area contributed by atoms with E-state index < -0.39 is 10.0 Å². The second-order valence-corrected chi connectivity index (χ2v) is 6.96. The van der Waals surface area contributed by atoms with Gasteiger partial charge in [-0.15, -0.1) is 0 Å². The molecule has 0 amide bonds. The van der Waals surface area contributed by atoms with Crippen LogP contribution in [-0.2, 0) is 10.0 Å². The van der Waals surface area contributed by atoms with Gasteiger partial charge in [-0.05, 0) is 44.0 Å². The summed E-state index contributed by atoms with van der Waals surface area (Å²) in [5.41, 5.74) is 1.90. The Bertz CT molecular complexity index is 788. The van der Waals surface area contributed by atoms with Crippen molar-refractivity contribution in [3.05, 3.63) is 52.5 Å². The lowest BCUT2D eigenvalue weighted by atomic mass is 10.1. The maximum Gasteiger partial charge on any atom is 0.262 e. The number of aryl methyl sites for hydroxylation is 2. The van der Waals surface area contributed by atoms with Crippen molar-refractivity contribution in [2.45, 2.75) is 25.7 Å². The summed E-state index contributed by atoms with van der Waals surface area (Å²) in [7, 11) is -3.74. The van der Waals surface area contributed by atoms with Gasteiger partial charge in [0.15, 0.2) is 0 Å². The number of hydrogen-bond acceptors (Lipinski definition) is 3. The molecule has 0 fully saturated rings. The molecular formula is C16H18ClNO3S. The summed E-state index contributed by atoms with van der Waals surface area (Å²) in [5, 5.41) is 0.348. The third-order valence-corrected chi connectivity index (χ3v) is 5.02. The van der Waals surface area contributed by atoms with Crippen LogP contribution in [0.3, 0.4) is 0 Å². The fraction of sp³-hybridized carbons (Fsp3) is 0.250. The Balaban J connectivity index is 2.45. The SMILES string of the molecule is CCOc1cc(S(=O)(=O)Nc2ccccc2Cl)c(C)cc1C. The van der Waals surface area contributed by atoms with Gasteiger partial charge in [0.2, 0.25) is 0 Å². The van der Waals surface area contributed by atoms with Crippen LogP contribution in [-0.4, -0.2) is 15.0 Å². The van der Waals surface area contributed by atoms with Gasteiger partial charge in [0.1, 0.15) is 5.75 Å². The smallest absolute Gasteiger partial charge is 0.262 e. The number of sulfonamides is 1.